The van der Waals surface area contributed by atoms with E-state index in [1.165, 1.54) is 16.9 Å². The van der Waals surface area contributed by atoms with Gasteiger partial charge < -0.3 is 4.57 Å². The molecule has 0 unspecified atom stereocenters. The molecule has 3 rings (SSSR count). The molecule has 4 nitrogen and oxygen atoms in total. The number of fused-ring (bicyclic) bond motifs is 1. The highest BCUT2D eigenvalue weighted by Gasteiger charge is 2.14. The molecule has 0 fully saturated rings. The number of sulfonamides is 1. The number of aryl methyl sites for hydroxylation is 3. The molecule has 114 valence electrons. The van der Waals surface area contributed by atoms with Crippen molar-refractivity contribution >= 4 is 31.6 Å². The van der Waals surface area contributed by atoms with E-state index in [4.69, 9.17) is 0 Å². The fourth-order valence-corrected chi connectivity index (χ4v) is 4.69. The van der Waals surface area contributed by atoms with Gasteiger partial charge in [-0.3, -0.25) is 0 Å². The standard InChI is InChI=1S/C16H16N2O2S2/c1-11-9-10-14-15(12(11)2)18(3)16(21-14)17-22(19,20)13-7-5-4-6-8-13/h4-10H,1-3H3/b17-16-. The third kappa shape index (κ3) is 2.48. The summed E-state index contributed by atoms with van der Waals surface area (Å²) in [6.45, 7) is 4.09. The predicted octanol–water partition coefficient (Wildman–Crippen LogP) is 3.15. The topological polar surface area (TPSA) is 51.4 Å². The SMILES string of the molecule is Cc1ccc2s/c(=N\S(=O)(=O)c3ccccc3)n(C)c2c1C. The molecule has 0 atom stereocenters. The van der Waals surface area contributed by atoms with E-state index in [0.717, 1.165) is 15.8 Å². The van der Waals surface area contributed by atoms with Crippen molar-refractivity contribution in [1.82, 2.24) is 4.57 Å². The van der Waals surface area contributed by atoms with E-state index in [1.807, 2.05) is 37.6 Å². The first kappa shape index (κ1) is 15.0. The molecular weight excluding hydrogens is 316 g/mol. The van der Waals surface area contributed by atoms with Crippen molar-refractivity contribution in [3.05, 3.63) is 58.4 Å². The smallest absolute Gasteiger partial charge is 0.285 e. The van der Waals surface area contributed by atoms with E-state index >= 15 is 0 Å². The molecular formula is C16H16N2O2S2. The predicted molar refractivity (Wildman–Crippen MR) is 89.5 cm³/mol. The van der Waals surface area contributed by atoms with Crippen LogP contribution in [-0.2, 0) is 17.1 Å². The summed E-state index contributed by atoms with van der Waals surface area (Å²) in [7, 11) is -1.84. The van der Waals surface area contributed by atoms with E-state index < -0.39 is 10.0 Å². The molecule has 2 aromatic carbocycles. The van der Waals surface area contributed by atoms with Crippen molar-refractivity contribution in [3.8, 4) is 0 Å². The van der Waals surface area contributed by atoms with Crippen molar-refractivity contribution in [2.45, 2.75) is 18.7 Å². The van der Waals surface area contributed by atoms with Crippen LogP contribution in [0, 0.1) is 13.8 Å². The van der Waals surface area contributed by atoms with Gasteiger partial charge in [0.1, 0.15) is 0 Å². The number of benzene rings is 2. The molecule has 0 bridgehead atoms. The average Bonchev–Trinajstić information content (AvgIpc) is 2.80. The summed E-state index contributed by atoms with van der Waals surface area (Å²) in [6.07, 6.45) is 0. The first-order chi connectivity index (χ1) is 10.4. The quantitative estimate of drug-likeness (QED) is 0.724. The summed E-state index contributed by atoms with van der Waals surface area (Å²) in [6, 6.07) is 12.3. The maximum absolute atomic E-state index is 12.4. The molecule has 0 aliphatic heterocycles. The van der Waals surface area contributed by atoms with Gasteiger partial charge in [-0.1, -0.05) is 35.6 Å². The summed E-state index contributed by atoms with van der Waals surface area (Å²) >= 11 is 1.39. The number of rotatable bonds is 2. The normalized spacial score (nSPS) is 13.0. The molecule has 0 saturated carbocycles. The van der Waals surface area contributed by atoms with Crippen LogP contribution < -0.4 is 4.80 Å². The second kappa shape index (κ2) is 5.37. The van der Waals surface area contributed by atoms with Gasteiger partial charge in [-0.25, -0.2) is 0 Å². The second-order valence-electron chi connectivity index (χ2n) is 5.18. The number of hydrogen-bond acceptors (Lipinski definition) is 3. The van der Waals surface area contributed by atoms with Gasteiger partial charge in [-0.15, -0.1) is 4.40 Å². The van der Waals surface area contributed by atoms with Crippen LogP contribution in [0.3, 0.4) is 0 Å². The second-order valence-corrected chi connectivity index (χ2v) is 7.79. The molecule has 0 amide bonds. The van der Waals surface area contributed by atoms with Crippen LogP contribution in [0.5, 0.6) is 0 Å². The molecule has 1 heterocycles. The van der Waals surface area contributed by atoms with Crippen LogP contribution in [-0.4, -0.2) is 13.0 Å². The number of nitrogens with zero attached hydrogens (tertiary/aromatic N) is 2. The van der Waals surface area contributed by atoms with Crippen molar-refractivity contribution < 1.29 is 8.42 Å². The average molecular weight is 332 g/mol. The van der Waals surface area contributed by atoms with Crippen LogP contribution in [0.25, 0.3) is 10.2 Å². The van der Waals surface area contributed by atoms with Crippen molar-refractivity contribution in [2.75, 3.05) is 0 Å². The minimum atomic E-state index is -3.69. The zero-order valence-corrected chi connectivity index (χ0v) is 14.2. The van der Waals surface area contributed by atoms with Crippen LogP contribution >= 0.6 is 11.3 Å². The molecule has 6 heteroatoms. The Labute approximate surface area is 133 Å². The molecule has 22 heavy (non-hydrogen) atoms. The highest BCUT2D eigenvalue weighted by Crippen LogP contribution is 2.23. The highest BCUT2D eigenvalue weighted by atomic mass is 32.2. The number of thiazole rings is 1. The zero-order valence-electron chi connectivity index (χ0n) is 12.6. The van der Waals surface area contributed by atoms with E-state index in [9.17, 15) is 8.42 Å². The van der Waals surface area contributed by atoms with Crippen LogP contribution in [0.4, 0.5) is 0 Å². The minimum Gasteiger partial charge on any atom is -0.319 e. The van der Waals surface area contributed by atoms with Gasteiger partial charge in [0.25, 0.3) is 10.0 Å². The lowest BCUT2D eigenvalue weighted by atomic mass is 10.1. The summed E-state index contributed by atoms with van der Waals surface area (Å²) in [5.74, 6) is 0. The van der Waals surface area contributed by atoms with E-state index in [0.29, 0.717) is 4.80 Å². The van der Waals surface area contributed by atoms with Crippen LogP contribution in [0.15, 0.2) is 51.8 Å². The number of hydrogen-bond donors (Lipinski definition) is 0. The monoisotopic (exact) mass is 332 g/mol. The Morgan fingerprint density at radius 3 is 2.41 bits per heavy atom. The van der Waals surface area contributed by atoms with Crippen molar-refractivity contribution in [1.29, 1.82) is 0 Å². The van der Waals surface area contributed by atoms with E-state index in [1.54, 1.807) is 30.3 Å². The Kier molecular flexibility index (Phi) is 3.66. The molecule has 0 saturated heterocycles. The molecule has 1 aromatic heterocycles. The minimum absolute atomic E-state index is 0.209. The van der Waals surface area contributed by atoms with Gasteiger partial charge in [0.05, 0.1) is 15.1 Å². The first-order valence-corrected chi connectivity index (χ1v) is 9.07. The largest absolute Gasteiger partial charge is 0.319 e. The Morgan fingerprint density at radius 1 is 1.05 bits per heavy atom. The third-order valence-corrected chi connectivity index (χ3v) is 6.22. The fraction of sp³-hybridized carbons (Fsp3) is 0.188. The van der Waals surface area contributed by atoms with Gasteiger partial charge in [0.2, 0.25) is 4.80 Å². The van der Waals surface area contributed by atoms with Gasteiger partial charge in [0.15, 0.2) is 0 Å². The zero-order chi connectivity index (χ0) is 15.9. The lowest BCUT2D eigenvalue weighted by molar-refractivity contribution is 0.596. The summed E-state index contributed by atoms with van der Waals surface area (Å²) in [4.78, 5) is 0.688. The van der Waals surface area contributed by atoms with Gasteiger partial charge >= 0.3 is 0 Å². The molecule has 3 aromatic rings. The molecule has 0 spiro atoms. The van der Waals surface area contributed by atoms with Crippen molar-refractivity contribution in [2.24, 2.45) is 11.4 Å². The Bertz CT molecular complexity index is 1010. The van der Waals surface area contributed by atoms with E-state index in [2.05, 4.69) is 4.40 Å². The van der Waals surface area contributed by atoms with Gasteiger partial charge in [-0.05, 0) is 43.2 Å². The first-order valence-electron chi connectivity index (χ1n) is 6.82. The van der Waals surface area contributed by atoms with E-state index in [-0.39, 0.29) is 4.90 Å². The Morgan fingerprint density at radius 2 is 1.73 bits per heavy atom. The summed E-state index contributed by atoms with van der Waals surface area (Å²) < 4.78 is 31.7. The Balaban J connectivity index is 2.27. The fourth-order valence-electron chi connectivity index (χ4n) is 2.37. The van der Waals surface area contributed by atoms with Gasteiger partial charge in [-0.2, -0.15) is 8.42 Å². The van der Waals surface area contributed by atoms with Crippen molar-refractivity contribution in [3.63, 3.8) is 0 Å². The van der Waals surface area contributed by atoms with Crippen LogP contribution in [0.1, 0.15) is 11.1 Å². The van der Waals surface area contributed by atoms with Gasteiger partial charge in [0, 0.05) is 7.05 Å². The third-order valence-electron chi connectivity index (χ3n) is 3.73. The highest BCUT2D eigenvalue weighted by molar-refractivity contribution is 7.90. The maximum Gasteiger partial charge on any atom is 0.285 e. The Hall–Kier alpha value is -1.92. The molecule has 0 N–H and O–H groups in total. The summed E-state index contributed by atoms with van der Waals surface area (Å²) in [5, 5.41) is 0. The molecule has 0 aliphatic carbocycles. The molecule has 0 radical (unpaired) electrons. The lowest BCUT2D eigenvalue weighted by Gasteiger charge is -2.03. The lowest BCUT2D eigenvalue weighted by Crippen LogP contribution is -2.14. The van der Waals surface area contributed by atoms with Crippen LogP contribution in [0.2, 0.25) is 0 Å². The number of aromatic nitrogens is 1. The maximum atomic E-state index is 12.4. The summed E-state index contributed by atoms with van der Waals surface area (Å²) in [5.41, 5.74) is 3.36. The molecule has 0 aliphatic rings.